The standard InChI is InChI=1S/C24H16N2O/c1-2-11-26-22(6-1)20-5-3-4-18(14-20)19-7-8-23-21(15-19)16-24(27-23)17-9-12-25-13-10-17/h1-16H. The second kappa shape index (κ2) is 6.54. The van der Waals surface area contributed by atoms with E-state index in [-0.39, 0.29) is 0 Å². The van der Waals surface area contributed by atoms with Gasteiger partial charge in [0.2, 0.25) is 0 Å². The zero-order chi connectivity index (χ0) is 18.1. The van der Waals surface area contributed by atoms with Crippen LogP contribution in [0, 0.1) is 0 Å². The van der Waals surface area contributed by atoms with Crippen molar-refractivity contribution in [1.29, 1.82) is 0 Å². The zero-order valence-corrected chi connectivity index (χ0v) is 14.5. The van der Waals surface area contributed by atoms with E-state index in [0.717, 1.165) is 44.7 Å². The second-order valence-electron chi connectivity index (χ2n) is 6.39. The van der Waals surface area contributed by atoms with E-state index < -0.39 is 0 Å². The fourth-order valence-electron chi connectivity index (χ4n) is 3.27. The molecule has 0 atom stereocenters. The maximum Gasteiger partial charge on any atom is 0.135 e. The summed E-state index contributed by atoms with van der Waals surface area (Å²) in [7, 11) is 0. The van der Waals surface area contributed by atoms with Gasteiger partial charge in [0.25, 0.3) is 0 Å². The normalized spacial score (nSPS) is 11.0. The van der Waals surface area contributed by atoms with Gasteiger partial charge >= 0.3 is 0 Å². The summed E-state index contributed by atoms with van der Waals surface area (Å²) < 4.78 is 6.00. The number of fused-ring (bicyclic) bond motifs is 1. The lowest BCUT2D eigenvalue weighted by Gasteiger charge is -2.05. The zero-order valence-electron chi connectivity index (χ0n) is 14.5. The third-order valence-electron chi connectivity index (χ3n) is 4.64. The minimum Gasteiger partial charge on any atom is -0.456 e. The van der Waals surface area contributed by atoms with E-state index in [4.69, 9.17) is 4.42 Å². The van der Waals surface area contributed by atoms with Gasteiger partial charge in [-0.1, -0.05) is 30.3 Å². The van der Waals surface area contributed by atoms with Gasteiger partial charge in [-0.3, -0.25) is 9.97 Å². The molecule has 3 heterocycles. The van der Waals surface area contributed by atoms with Crippen molar-refractivity contribution >= 4 is 11.0 Å². The molecule has 0 saturated carbocycles. The number of nitrogens with zero attached hydrogens (tertiary/aromatic N) is 2. The first-order valence-electron chi connectivity index (χ1n) is 8.83. The summed E-state index contributed by atoms with van der Waals surface area (Å²) in [5.74, 6) is 0.854. The Labute approximate surface area is 157 Å². The van der Waals surface area contributed by atoms with Crippen LogP contribution in [0.1, 0.15) is 0 Å². The monoisotopic (exact) mass is 348 g/mol. The number of furan rings is 1. The van der Waals surface area contributed by atoms with E-state index in [9.17, 15) is 0 Å². The van der Waals surface area contributed by atoms with E-state index in [1.54, 1.807) is 12.4 Å². The van der Waals surface area contributed by atoms with Crippen molar-refractivity contribution in [3.63, 3.8) is 0 Å². The molecule has 0 aliphatic carbocycles. The Kier molecular flexibility index (Phi) is 3.76. The second-order valence-corrected chi connectivity index (χ2v) is 6.39. The average Bonchev–Trinajstić information content (AvgIpc) is 3.19. The molecule has 0 amide bonds. The molecule has 3 nitrogen and oxygen atoms in total. The first-order chi connectivity index (χ1) is 13.4. The number of pyridine rings is 2. The van der Waals surface area contributed by atoms with Crippen LogP contribution in [0.5, 0.6) is 0 Å². The number of benzene rings is 2. The Morgan fingerprint density at radius 2 is 1.44 bits per heavy atom. The Balaban J connectivity index is 1.56. The highest BCUT2D eigenvalue weighted by Crippen LogP contribution is 2.32. The molecule has 0 spiro atoms. The smallest absolute Gasteiger partial charge is 0.135 e. The van der Waals surface area contributed by atoms with Crippen LogP contribution in [0.2, 0.25) is 0 Å². The molecule has 0 aliphatic rings. The van der Waals surface area contributed by atoms with E-state index in [1.165, 1.54) is 0 Å². The molecule has 27 heavy (non-hydrogen) atoms. The molecule has 0 fully saturated rings. The first kappa shape index (κ1) is 15.5. The molecule has 3 aromatic heterocycles. The molecule has 3 heteroatoms. The molecule has 0 saturated heterocycles. The molecule has 0 radical (unpaired) electrons. The quantitative estimate of drug-likeness (QED) is 0.388. The molecule has 0 aliphatic heterocycles. The van der Waals surface area contributed by atoms with Crippen LogP contribution in [0.25, 0.3) is 44.7 Å². The van der Waals surface area contributed by atoms with Gasteiger partial charge in [0.1, 0.15) is 11.3 Å². The number of hydrogen-bond donors (Lipinski definition) is 0. The number of rotatable bonds is 3. The molecule has 0 bridgehead atoms. The van der Waals surface area contributed by atoms with Crippen molar-refractivity contribution in [3.8, 4) is 33.7 Å². The van der Waals surface area contributed by atoms with Gasteiger partial charge in [-0.2, -0.15) is 0 Å². The summed E-state index contributed by atoms with van der Waals surface area (Å²) in [4.78, 5) is 8.52. The summed E-state index contributed by atoms with van der Waals surface area (Å²) >= 11 is 0. The molecule has 128 valence electrons. The summed E-state index contributed by atoms with van der Waals surface area (Å²) in [6, 6.07) is 26.7. The molecule has 5 aromatic rings. The highest BCUT2D eigenvalue weighted by atomic mass is 16.3. The van der Waals surface area contributed by atoms with E-state index >= 15 is 0 Å². The van der Waals surface area contributed by atoms with Crippen molar-refractivity contribution in [3.05, 3.63) is 97.5 Å². The van der Waals surface area contributed by atoms with Crippen LogP contribution in [-0.2, 0) is 0 Å². The van der Waals surface area contributed by atoms with E-state index in [2.05, 4.69) is 52.4 Å². The Bertz CT molecular complexity index is 1210. The minimum absolute atomic E-state index is 0.854. The molecule has 2 aromatic carbocycles. The lowest BCUT2D eigenvalue weighted by atomic mass is 10.0. The maximum atomic E-state index is 6.00. The summed E-state index contributed by atoms with van der Waals surface area (Å²) in [5.41, 5.74) is 6.31. The Hall–Kier alpha value is -3.72. The lowest BCUT2D eigenvalue weighted by molar-refractivity contribution is 0.631. The Morgan fingerprint density at radius 1 is 0.593 bits per heavy atom. The average molecular weight is 348 g/mol. The van der Waals surface area contributed by atoms with E-state index in [1.807, 2.05) is 42.6 Å². The molecular formula is C24H16N2O. The Morgan fingerprint density at radius 3 is 2.30 bits per heavy atom. The third kappa shape index (κ3) is 3.00. The fraction of sp³-hybridized carbons (Fsp3) is 0. The van der Waals surface area contributed by atoms with Gasteiger partial charge in [-0.15, -0.1) is 0 Å². The largest absolute Gasteiger partial charge is 0.456 e. The number of hydrogen-bond acceptors (Lipinski definition) is 3. The maximum absolute atomic E-state index is 6.00. The van der Waals surface area contributed by atoms with Gasteiger partial charge in [-0.25, -0.2) is 0 Å². The van der Waals surface area contributed by atoms with Gasteiger partial charge in [-0.05, 0) is 59.7 Å². The summed E-state index contributed by atoms with van der Waals surface area (Å²) in [6.07, 6.45) is 5.37. The summed E-state index contributed by atoms with van der Waals surface area (Å²) in [5, 5.41) is 1.09. The molecular weight excluding hydrogens is 332 g/mol. The van der Waals surface area contributed by atoms with Gasteiger partial charge < -0.3 is 4.42 Å². The summed E-state index contributed by atoms with van der Waals surface area (Å²) in [6.45, 7) is 0. The lowest BCUT2D eigenvalue weighted by Crippen LogP contribution is -1.83. The molecule has 0 N–H and O–H groups in total. The van der Waals surface area contributed by atoms with Gasteiger partial charge in [0.15, 0.2) is 0 Å². The topological polar surface area (TPSA) is 38.9 Å². The van der Waals surface area contributed by atoms with Crippen LogP contribution in [0.3, 0.4) is 0 Å². The SMILES string of the molecule is c1ccc(-c2cccc(-c3ccc4oc(-c5ccncc5)cc4c3)c2)nc1. The third-order valence-corrected chi connectivity index (χ3v) is 4.64. The van der Waals surface area contributed by atoms with Crippen LogP contribution >= 0.6 is 0 Å². The minimum atomic E-state index is 0.854. The van der Waals surface area contributed by atoms with Crippen LogP contribution in [-0.4, -0.2) is 9.97 Å². The predicted octanol–water partition coefficient (Wildman–Crippen LogP) is 6.22. The van der Waals surface area contributed by atoms with Crippen molar-refractivity contribution in [2.45, 2.75) is 0 Å². The predicted molar refractivity (Wildman–Crippen MR) is 108 cm³/mol. The highest BCUT2D eigenvalue weighted by Gasteiger charge is 2.08. The van der Waals surface area contributed by atoms with Crippen molar-refractivity contribution < 1.29 is 4.42 Å². The molecule has 0 unspecified atom stereocenters. The van der Waals surface area contributed by atoms with Crippen LogP contribution < -0.4 is 0 Å². The highest BCUT2D eigenvalue weighted by molar-refractivity contribution is 5.87. The van der Waals surface area contributed by atoms with Gasteiger partial charge in [0.05, 0.1) is 5.69 Å². The van der Waals surface area contributed by atoms with E-state index in [0.29, 0.717) is 0 Å². The molecule has 5 rings (SSSR count). The fourth-order valence-corrected chi connectivity index (χ4v) is 3.27. The number of aromatic nitrogens is 2. The van der Waals surface area contributed by atoms with Gasteiger partial charge in [0, 0.05) is 35.1 Å². The van der Waals surface area contributed by atoms with Crippen molar-refractivity contribution in [2.75, 3.05) is 0 Å². The first-order valence-corrected chi connectivity index (χ1v) is 8.83. The van der Waals surface area contributed by atoms with Crippen molar-refractivity contribution in [2.24, 2.45) is 0 Å². The van der Waals surface area contributed by atoms with Crippen LogP contribution in [0.15, 0.2) is 102 Å². The van der Waals surface area contributed by atoms with Crippen LogP contribution in [0.4, 0.5) is 0 Å². The van der Waals surface area contributed by atoms with Crippen molar-refractivity contribution in [1.82, 2.24) is 9.97 Å².